The molecule has 0 aromatic heterocycles. The van der Waals surface area contributed by atoms with E-state index in [1.807, 2.05) is 0 Å². The van der Waals surface area contributed by atoms with E-state index in [9.17, 15) is 0 Å². The van der Waals surface area contributed by atoms with Crippen molar-refractivity contribution in [1.29, 1.82) is 0 Å². The molecule has 0 saturated heterocycles. The minimum Gasteiger partial charge on any atom is -0.249 e. The molecule has 0 rings (SSSR count). The Labute approximate surface area is 154 Å². The SMILES string of the molecule is C/C(=C\CCCCC(C)(OO)OO)CCC/C=C(\C)CCCC(C)C. The quantitative estimate of drug-likeness (QED) is 0.108. The molecule has 0 fully saturated rings. The molecule has 4 nitrogen and oxygen atoms in total. The zero-order valence-corrected chi connectivity index (χ0v) is 17.0. The molecule has 0 aromatic rings. The molecule has 4 heteroatoms. The van der Waals surface area contributed by atoms with Gasteiger partial charge in [0, 0.05) is 6.42 Å². The van der Waals surface area contributed by atoms with Crippen LogP contribution in [0.15, 0.2) is 23.3 Å². The maximum atomic E-state index is 8.66. The van der Waals surface area contributed by atoms with Crippen molar-refractivity contribution in [2.24, 2.45) is 5.92 Å². The molecule has 0 aliphatic carbocycles. The first-order valence-electron chi connectivity index (χ1n) is 9.79. The molecule has 148 valence electrons. The van der Waals surface area contributed by atoms with Gasteiger partial charge in [0.2, 0.25) is 5.79 Å². The van der Waals surface area contributed by atoms with E-state index in [1.165, 1.54) is 50.2 Å². The van der Waals surface area contributed by atoms with Gasteiger partial charge in [-0.2, -0.15) is 0 Å². The summed E-state index contributed by atoms with van der Waals surface area (Å²) in [5, 5.41) is 17.3. The van der Waals surface area contributed by atoms with Crippen LogP contribution in [0.2, 0.25) is 0 Å². The van der Waals surface area contributed by atoms with E-state index in [0.717, 1.165) is 31.6 Å². The van der Waals surface area contributed by atoms with Crippen molar-refractivity contribution in [3.8, 4) is 0 Å². The Morgan fingerprint density at radius 2 is 1.40 bits per heavy atom. The lowest BCUT2D eigenvalue weighted by Gasteiger charge is -2.21. The summed E-state index contributed by atoms with van der Waals surface area (Å²) in [6.45, 7) is 10.5. The van der Waals surface area contributed by atoms with Crippen molar-refractivity contribution in [2.45, 2.75) is 105 Å². The molecule has 2 N–H and O–H groups in total. The van der Waals surface area contributed by atoms with E-state index >= 15 is 0 Å². The van der Waals surface area contributed by atoms with Crippen molar-refractivity contribution < 1.29 is 20.3 Å². The molecule has 0 heterocycles. The smallest absolute Gasteiger partial charge is 0.230 e. The average molecular weight is 357 g/mol. The fraction of sp³-hybridized carbons (Fsp3) is 0.810. The normalized spacial score (nSPS) is 13.8. The highest BCUT2D eigenvalue weighted by molar-refractivity contribution is 5.01. The Kier molecular flexibility index (Phi) is 14.1. The molecule has 0 amide bonds. The van der Waals surface area contributed by atoms with Crippen molar-refractivity contribution in [2.75, 3.05) is 0 Å². The summed E-state index contributed by atoms with van der Waals surface area (Å²) in [5.41, 5.74) is 2.97. The molecule has 0 atom stereocenters. The number of hydrogen-bond acceptors (Lipinski definition) is 4. The van der Waals surface area contributed by atoms with Gasteiger partial charge in [-0.25, -0.2) is 20.3 Å². The van der Waals surface area contributed by atoms with Crippen molar-refractivity contribution in [3.05, 3.63) is 23.3 Å². The second-order valence-corrected chi connectivity index (χ2v) is 7.84. The number of rotatable bonds is 15. The second kappa shape index (κ2) is 14.5. The van der Waals surface area contributed by atoms with Gasteiger partial charge in [-0.3, -0.25) is 0 Å². The monoisotopic (exact) mass is 356 g/mol. The molecular formula is C21H40O4. The maximum Gasteiger partial charge on any atom is 0.230 e. The van der Waals surface area contributed by atoms with Gasteiger partial charge in [0.1, 0.15) is 0 Å². The third kappa shape index (κ3) is 14.2. The number of hydrogen-bond donors (Lipinski definition) is 2. The van der Waals surface area contributed by atoms with Crippen LogP contribution < -0.4 is 0 Å². The summed E-state index contributed by atoms with van der Waals surface area (Å²) in [6, 6.07) is 0. The molecule has 0 saturated carbocycles. The van der Waals surface area contributed by atoms with Crippen molar-refractivity contribution in [3.63, 3.8) is 0 Å². The Morgan fingerprint density at radius 1 is 0.880 bits per heavy atom. The Bertz CT molecular complexity index is 381. The van der Waals surface area contributed by atoms with Crippen LogP contribution in [0, 0.1) is 5.92 Å². The summed E-state index contributed by atoms with van der Waals surface area (Å²) in [6.07, 6.45) is 15.3. The van der Waals surface area contributed by atoms with E-state index in [4.69, 9.17) is 10.5 Å². The molecule has 0 aliphatic heterocycles. The first kappa shape index (κ1) is 24.3. The third-order valence-electron chi connectivity index (χ3n) is 4.58. The van der Waals surface area contributed by atoms with Crippen LogP contribution in [0.3, 0.4) is 0 Å². The molecule has 0 aromatic carbocycles. The molecule has 0 bridgehead atoms. The molecular weight excluding hydrogens is 316 g/mol. The molecule has 25 heavy (non-hydrogen) atoms. The lowest BCUT2D eigenvalue weighted by atomic mass is 10.0. The second-order valence-electron chi connectivity index (χ2n) is 7.84. The van der Waals surface area contributed by atoms with Crippen molar-refractivity contribution in [1.82, 2.24) is 0 Å². The van der Waals surface area contributed by atoms with E-state index in [0.29, 0.717) is 6.42 Å². The van der Waals surface area contributed by atoms with E-state index in [1.54, 1.807) is 0 Å². The van der Waals surface area contributed by atoms with Crippen molar-refractivity contribution >= 4 is 0 Å². The van der Waals surface area contributed by atoms with E-state index in [-0.39, 0.29) is 0 Å². The molecule has 0 aliphatic rings. The summed E-state index contributed by atoms with van der Waals surface area (Å²) < 4.78 is 0. The van der Waals surface area contributed by atoms with Gasteiger partial charge in [-0.05, 0) is 78.1 Å². The van der Waals surface area contributed by atoms with Crippen LogP contribution in [0.1, 0.15) is 98.8 Å². The van der Waals surface area contributed by atoms with Crippen LogP contribution >= 0.6 is 0 Å². The van der Waals surface area contributed by atoms with Crippen LogP contribution in [0.25, 0.3) is 0 Å². The third-order valence-corrected chi connectivity index (χ3v) is 4.58. The zero-order chi connectivity index (χ0) is 19.1. The number of unbranched alkanes of at least 4 members (excludes halogenated alkanes) is 3. The highest BCUT2D eigenvalue weighted by Crippen LogP contribution is 2.19. The van der Waals surface area contributed by atoms with Gasteiger partial charge in [0.05, 0.1) is 0 Å². The van der Waals surface area contributed by atoms with E-state index < -0.39 is 5.79 Å². The molecule has 0 spiro atoms. The number of allylic oxidation sites excluding steroid dienone is 4. The van der Waals surface area contributed by atoms with Gasteiger partial charge in [0.25, 0.3) is 0 Å². The fourth-order valence-corrected chi connectivity index (χ4v) is 2.77. The van der Waals surface area contributed by atoms with Crippen LogP contribution in [-0.2, 0) is 9.78 Å². The maximum absolute atomic E-state index is 8.66. The molecule has 0 unspecified atom stereocenters. The lowest BCUT2D eigenvalue weighted by Crippen LogP contribution is -2.29. The largest absolute Gasteiger partial charge is 0.249 e. The van der Waals surface area contributed by atoms with Crippen LogP contribution in [0.4, 0.5) is 0 Å². The minimum atomic E-state index is -1.31. The summed E-state index contributed by atoms with van der Waals surface area (Å²) in [5.74, 6) is -0.500. The minimum absolute atomic E-state index is 0.452. The zero-order valence-electron chi connectivity index (χ0n) is 17.0. The first-order chi connectivity index (χ1) is 11.8. The van der Waals surface area contributed by atoms with Crippen LogP contribution in [0.5, 0.6) is 0 Å². The Morgan fingerprint density at radius 3 is 1.92 bits per heavy atom. The molecule has 0 radical (unpaired) electrons. The summed E-state index contributed by atoms with van der Waals surface area (Å²) in [7, 11) is 0. The predicted molar refractivity (Wildman–Crippen MR) is 104 cm³/mol. The van der Waals surface area contributed by atoms with Gasteiger partial charge >= 0.3 is 0 Å². The average Bonchev–Trinajstić information content (AvgIpc) is 2.57. The Balaban J connectivity index is 3.77. The summed E-state index contributed by atoms with van der Waals surface area (Å²) in [4.78, 5) is 8.28. The predicted octanol–water partition coefficient (Wildman–Crippen LogP) is 7.13. The topological polar surface area (TPSA) is 58.9 Å². The van der Waals surface area contributed by atoms with E-state index in [2.05, 4.69) is 49.6 Å². The van der Waals surface area contributed by atoms with Gasteiger partial charge in [0.15, 0.2) is 0 Å². The standard InChI is InChI=1S/C21H40O4/c1-18(2)12-11-16-20(4)15-9-8-14-19(3)13-7-6-10-17-21(5,24-22)25-23/h13,15,18,22-23H,6-12,14,16-17H2,1-5H3/b19-13+,20-15+. The fourth-order valence-electron chi connectivity index (χ4n) is 2.77. The van der Waals surface area contributed by atoms with Gasteiger partial charge in [-0.1, -0.05) is 43.6 Å². The highest BCUT2D eigenvalue weighted by atomic mass is 17.2. The van der Waals surface area contributed by atoms with Gasteiger partial charge < -0.3 is 0 Å². The first-order valence-corrected chi connectivity index (χ1v) is 9.79. The lowest BCUT2D eigenvalue weighted by molar-refractivity contribution is -0.482. The Hall–Kier alpha value is -0.680. The van der Waals surface area contributed by atoms with Crippen LogP contribution in [-0.4, -0.2) is 16.3 Å². The highest BCUT2D eigenvalue weighted by Gasteiger charge is 2.26. The van der Waals surface area contributed by atoms with Gasteiger partial charge in [-0.15, -0.1) is 0 Å². The summed E-state index contributed by atoms with van der Waals surface area (Å²) >= 11 is 0.